The Morgan fingerprint density at radius 3 is 2.42 bits per heavy atom. The lowest BCUT2D eigenvalue weighted by Gasteiger charge is -2.35. The molecule has 3 heterocycles. The van der Waals surface area contributed by atoms with Crippen LogP contribution >= 0.6 is 0 Å². The van der Waals surface area contributed by atoms with Gasteiger partial charge in [0.1, 0.15) is 6.10 Å². The number of carbonyl (C=O) groups is 1. The average molecular weight is 425 g/mol. The van der Waals surface area contributed by atoms with E-state index in [1.807, 2.05) is 4.90 Å². The van der Waals surface area contributed by atoms with Crippen molar-refractivity contribution in [3.05, 3.63) is 29.8 Å². The molecule has 1 aromatic rings. The first-order chi connectivity index (χ1) is 14.8. The predicted molar refractivity (Wildman–Crippen MR) is 121 cm³/mol. The maximum absolute atomic E-state index is 12.6. The van der Waals surface area contributed by atoms with E-state index < -0.39 is 0 Å². The van der Waals surface area contributed by atoms with Gasteiger partial charge < -0.3 is 18.9 Å². The molecule has 168 valence electrons. The summed E-state index contributed by atoms with van der Waals surface area (Å²) in [6, 6.07) is 8.89. The highest BCUT2D eigenvalue weighted by Gasteiger charge is 2.56. The second kappa shape index (κ2) is 7.60. The molecule has 5 nitrogen and oxygen atoms in total. The maximum atomic E-state index is 12.6. The summed E-state index contributed by atoms with van der Waals surface area (Å²) in [5.41, 5.74) is 2.32. The molecular weight excluding hydrogens is 389 g/mol. The van der Waals surface area contributed by atoms with Crippen LogP contribution < -0.4 is 5.46 Å². The molecule has 3 saturated heterocycles. The van der Waals surface area contributed by atoms with Crippen molar-refractivity contribution in [2.24, 2.45) is 5.41 Å². The molecule has 5 rings (SSSR count). The molecule has 4 fully saturated rings. The van der Waals surface area contributed by atoms with Gasteiger partial charge in [0.05, 0.1) is 11.2 Å². The van der Waals surface area contributed by atoms with Crippen LogP contribution in [0.15, 0.2) is 24.3 Å². The first kappa shape index (κ1) is 21.5. The van der Waals surface area contributed by atoms with E-state index in [9.17, 15) is 4.79 Å². The van der Waals surface area contributed by atoms with Crippen LogP contribution in [0.1, 0.15) is 77.7 Å². The van der Waals surface area contributed by atoms with Crippen molar-refractivity contribution >= 4 is 18.5 Å². The second-order valence-corrected chi connectivity index (χ2v) is 10.8. The fourth-order valence-corrected chi connectivity index (χ4v) is 5.85. The number of ether oxygens (including phenoxy) is 1. The highest BCUT2D eigenvalue weighted by atomic mass is 16.7. The smallest absolute Gasteiger partial charge is 0.399 e. The molecule has 4 aliphatic rings. The quantitative estimate of drug-likeness (QED) is 0.691. The number of amides is 1. The molecule has 2 unspecified atom stereocenters. The van der Waals surface area contributed by atoms with E-state index in [2.05, 4.69) is 52.0 Å². The molecule has 3 aliphatic heterocycles. The van der Waals surface area contributed by atoms with Crippen LogP contribution in [0, 0.1) is 5.41 Å². The molecule has 3 atom stereocenters. The van der Waals surface area contributed by atoms with Gasteiger partial charge in [-0.15, -0.1) is 0 Å². The number of likely N-dealkylation sites (tertiary alicyclic amines) is 1. The minimum atomic E-state index is -0.305. The highest BCUT2D eigenvalue weighted by molar-refractivity contribution is 6.62. The van der Waals surface area contributed by atoms with Gasteiger partial charge in [-0.2, -0.15) is 0 Å². The standard InChI is InChI=1S/C25H36BNO4/c1-5-24(4)23(2,3)30-26(31-24)19-10-8-18(9-11-19)20-17-25(20)12-14-27(15-13-25)22(28)21-7-6-16-29-21/h8-11,20-21H,5-7,12-17H2,1-4H3/t20?,21-,24?/m1/s1. The molecule has 1 amide bonds. The Morgan fingerprint density at radius 1 is 1.13 bits per heavy atom. The Balaban J connectivity index is 1.19. The minimum Gasteiger partial charge on any atom is -0.399 e. The molecule has 31 heavy (non-hydrogen) atoms. The van der Waals surface area contributed by atoms with Crippen molar-refractivity contribution < 1.29 is 18.8 Å². The molecule has 1 saturated carbocycles. The number of benzene rings is 1. The van der Waals surface area contributed by atoms with Gasteiger partial charge in [-0.05, 0) is 81.7 Å². The SMILES string of the molecule is CCC1(C)OB(c2ccc(C3CC34CCN(C(=O)[C@H]3CCCO3)CC4)cc2)OC1(C)C. The molecule has 1 aromatic carbocycles. The van der Waals surface area contributed by atoms with E-state index >= 15 is 0 Å². The van der Waals surface area contributed by atoms with Crippen LogP contribution in [0.5, 0.6) is 0 Å². The summed E-state index contributed by atoms with van der Waals surface area (Å²) >= 11 is 0. The summed E-state index contributed by atoms with van der Waals surface area (Å²) in [6.07, 6.45) is 6.09. The van der Waals surface area contributed by atoms with Crippen LogP contribution in [0.25, 0.3) is 0 Å². The summed E-state index contributed by atoms with van der Waals surface area (Å²) in [7, 11) is -0.297. The molecule has 6 heteroatoms. The zero-order chi connectivity index (χ0) is 21.9. The van der Waals surface area contributed by atoms with Gasteiger partial charge in [-0.25, -0.2) is 0 Å². The normalized spacial score (nSPS) is 33.8. The lowest BCUT2D eigenvalue weighted by atomic mass is 9.78. The average Bonchev–Trinajstić information content (AvgIpc) is 3.11. The first-order valence-electron chi connectivity index (χ1n) is 12.1. The van der Waals surface area contributed by atoms with Gasteiger partial charge in [0.25, 0.3) is 5.91 Å². The molecular formula is C25H36BNO4. The lowest BCUT2D eigenvalue weighted by molar-refractivity contribution is -0.142. The molecule has 0 aromatic heterocycles. The van der Waals surface area contributed by atoms with Gasteiger partial charge in [-0.1, -0.05) is 31.2 Å². The highest BCUT2D eigenvalue weighted by Crippen LogP contribution is 2.64. The third-order valence-electron chi connectivity index (χ3n) is 8.79. The van der Waals surface area contributed by atoms with Gasteiger partial charge in [0, 0.05) is 19.7 Å². The van der Waals surface area contributed by atoms with E-state index in [4.69, 9.17) is 14.0 Å². The second-order valence-electron chi connectivity index (χ2n) is 10.8. The number of piperidine rings is 1. The van der Waals surface area contributed by atoms with Crippen molar-refractivity contribution in [1.82, 2.24) is 4.90 Å². The molecule has 0 bridgehead atoms. The van der Waals surface area contributed by atoms with Crippen molar-refractivity contribution in [3.8, 4) is 0 Å². The van der Waals surface area contributed by atoms with E-state index in [-0.39, 0.29) is 30.3 Å². The summed E-state index contributed by atoms with van der Waals surface area (Å²) < 4.78 is 18.2. The van der Waals surface area contributed by atoms with Crippen molar-refractivity contribution in [2.45, 2.75) is 89.4 Å². The van der Waals surface area contributed by atoms with Gasteiger partial charge >= 0.3 is 7.12 Å². The van der Waals surface area contributed by atoms with Gasteiger partial charge in [-0.3, -0.25) is 4.79 Å². The fourth-order valence-electron chi connectivity index (χ4n) is 5.85. The minimum absolute atomic E-state index is 0.184. The van der Waals surface area contributed by atoms with E-state index in [0.29, 0.717) is 11.3 Å². The summed E-state index contributed by atoms with van der Waals surface area (Å²) in [6.45, 7) is 11.0. The molecule has 1 aliphatic carbocycles. The van der Waals surface area contributed by atoms with Gasteiger partial charge in [0.15, 0.2) is 0 Å². The first-order valence-corrected chi connectivity index (χ1v) is 12.1. The van der Waals surface area contributed by atoms with Crippen molar-refractivity contribution in [3.63, 3.8) is 0 Å². The van der Waals surface area contributed by atoms with Crippen LogP contribution in [0.3, 0.4) is 0 Å². The van der Waals surface area contributed by atoms with Crippen LogP contribution in [0.4, 0.5) is 0 Å². The number of rotatable bonds is 4. The summed E-state index contributed by atoms with van der Waals surface area (Å²) in [5, 5.41) is 0. The summed E-state index contributed by atoms with van der Waals surface area (Å²) in [5.74, 6) is 0.830. The lowest BCUT2D eigenvalue weighted by Crippen LogP contribution is -2.44. The van der Waals surface area contributed by atoms with Crippen LogP contribution in [0.2, 0.25) is 0 Å². The Kier molecular flexibility index (Phi) is 5.27. The summed E-state index contributed by atoms with van der Waals surface area (Å²) in [4.78, 5) is 14.7. The Bertz CT molecular complexity index is 826. The number of nitrogens with zero attached hydrogens (tertiary/aromatic N) is 1. The van der Waals surface area contributed by atoms with E-state index in [0.717, 1.165) is 57.3 Å². The largest absolute Gasteiger partial charge is 0.494 e. The zero-order valence-electron chi connectivity index (χ0n) is 19.5. The third-order valence-corrected chi connectivity index (χ3v) is 8.79. The molecule has 0 radical (unpaired) electrons. The fraction of sp³-hybridized carbons (Fsp3) is 0.720. The molecule has 1 spiro atoms. The van der Waals surface area contributed by atoms with Crippen molar-refractivity contribution in [1.29, 1.82) is 0 Å². The van der Waals surface area contributed by atoms with E-state index in [1.165, 1.54) is 12.0 Å². The van der Waals surface area contributed by atoms with Gasteiger partial charge in [0.2, 0.25) is 0 Å². The number of hydrogen-bond acceptors (Lipinski definition) is 4. The topological polar surface area (TPSA) is 48.0 Å². The number of hydrogen-bond donors (Lipinski definition) is 0. The molecule has 0 N–H and O–H groups in total. The number of carbonyl (C=O) groups excluding carboxylic acids is 1. The zero-order valence-corrected chi connectivity index (χ0v) is 19.5. The van der Waals surface area contributed by atoms with E-state index in [1.54, 1.807) is 0 Å². The Morgan fingerprint density at radius 2 is 1.84 bits per heavy atom. The third kappa shape index (κ3) is 3.65. The predicted octanol–water partition coefficient (Wildman–Crippen LogP) is 3.65. The van der Waals surface area contributed by atoms with Crippen molar-refractivity contribution in [2.75, 3.05) is 19.7 Å². The van der Waals surface area contributed by atoms with Crippen LogP contribution in [-0.2, 0) is 18.8 Å². The Labute approximate surface area is 186 Å². The monoisotopic (exact) mass is 425 g/mol. The maximum Gasteiger partial charge on any atom is 0.494 e. The Hall–Kier alpha value is -1.37. The van der Waals surface area contributed by atoms with Crippen LogP contribution in [-0.4, -0.2) is 54.9 Å².